The van der Waals surface area contributed by atoms with Crippen molar-refractivity contribution >= 4 is 11.8 Å². The van der Waals surface area contributed by atoms with Crippen molar-refractivity contribution in [3.05, 3.63) is 71.7 Å². The van der Waals surface area contributed by atoms with Crippen LogP contribution in [-0.4, -0.2) is 46.0 Å². The maximum Gasteiger partial charge on any atom is 0.276 e. The van der Waals surface area contributed by atoms with Gasteiger partial charge in [0.05, 0.1) is 0 Å². The first-order chi connectivity index (χ1) is 14.1. The van der Waals surface area contributed by atoms with Crippen LogP contribution in [0.25, 0.3) is 11.3 Å². The molecule has 1 aromatic carbocycles. The Hall–Kier alpha value is -3.48. The van der Waals surface area contributed by atoms with Crippen LogP contribution in [-0.2, 0) is 0 Å². The summed E-state index contributed by atoms with van der Waals surface area (Å²) in [5.74, 6) is 0.292. The molecule has 0 aliphatic carbocycles. The quantitative estimate of drug-likeness (QED) is 0.740. The number of amides is 2. The fraction of sp³-hybridized carbons (Fsp3) is 0.273. The highest BCUT2D eigenvalue weighted by atomic mass is 16.5. The molecule has 0 unspecified atom stereocenters. The first-order valence-electron chi connectivity index (χ1n) is 9.64. The van der Waals surface area contributed by atoms with Gasteiger partial charge in [0.15, 0.2) is 11.5 Å². The number of nitrogens with one attached hydrogen (secondary N) is 1. The normalized spacial score (nSPS) is 14.6. The molecule has 0 radical (unpaired) electrons. The minimum atomic E-state index is -0.160. The van der Waals surface area contributed by atoms with Gasteiger partial charge in [-0.05, 0) is 43.5 Å². The number of hydrogen-bond donors (Lipinski definition) is 1. The first kappa shape index (κ1) is 18.9. The number of pyridine rings is 1. The fourth-order valence-corrected chi connectivity index (χ4v) is 3.50. The van der Waals surface area contributed by atoms with E-state index in [0.29, 0.717) is 37.3 Å². The number of hydrogen-bond acceptors (Lipinski definition) is 5. The highest BCUT2D eigenvalue weighted by Gasteiger charge is 2.27. The van der Waals surface area contributed by atoms with E-state index in [1.54, 1.807) is 29.4 Å². The average Bonchev–Trinajstić information content (AvgIpc) is 3.25. The molecule has 3 heterocycles. The SMILES string of the molecule is Cc1ccccc1C(=O)NC1CCN(C(=O)c2cc(-c3cccnc3)on2)CC1. The second kappa shape index (κ2) is 8.26. The molecule has 1 fully saturated rings. The molecule has 0 saturated carbocycles. The van der Waals surface area contributed by atoms with E-state index in [2.05, 4.69) is 15.5 Å². The third-order valence-corrected chi connectivity index (χ3v) is 5.18. The van der Waals surface area contributed by atoms with Gasteiger partial charge in [0.2, 0.25) is 0 Å². The summed E-state index contributed by atoms with van der Waals surface area (Å²) in [6.45, 7) is 3.05. The molecule has 29 heavy (non-hydrogen) atoms. The van der Waals surface area contributed by atoms with Gasteiger partial charge in [0, 0.05) is 48.7 Å². The van der Waals surface area contributed by atoms with Crippen molar-refractivity contribution in [2.24, 2.45) is 0 Å². The lowest BCUT2D eigenvalue weighted by Gasteiger charge is -2.32. The summed E-state index contributed by atoms with van der Waals surface area (Å²) in [5, 5.41) is 7.00. The zero-order valence-corrected chi connectivity index (χ0v) is 16.2. The van der Waals surface area contributed by atoms with Gasteiger partial charge in [-0.1, -0.05) is 23.4 Å². The van der Waals surface area contributed by atoms with E-state index < -0.39 is 0 Å². The Morgan fingerprint density at radius 2 is 1.93 bits per heavy atom. The number of nitrogens with zero attached hydrogens (tertiary/aromatic N) is 3. The Kier molecular flexibility index (Phi) is 5.37. The molecule has 4 rings (SSSR count). The maximum atomic E-state index is 12.7. The lowest BCUT2D eigenvalue weighted by molar-refractivity contribution is 0.0688. The van der Waals surface area contributed by atoms with Crippen LogP contribution in [0.1, 0.15) is 39.3 Å². The summed E-state index contributed by atoms with van der Waals surface area (Å²) in [6.07, 6.45) is 4.75. The first-order valence-corrected chi connectivity index (χ1v) is 9.64. The molecule has 7 heteroatoms. The van der Waals surface area contributed by atoms with Crippen molar-refractivity contribution in [3.8, 4) is 11.3 Å². The van der Waals surface area contributed by atoms with Gasteiger partial charge in [0.1, 0.15) is 0 Å². The summed E-state index contributed by atoms with van der Waals surface area (Å²) in [7, 11) is 0. The molecule has 3 aromatic rings. The third kappa shape index (κ3) is 4.18. The summed E-state index contributed by atoms with van der Waals surface area (Å²) in [4.78, 5) is 31.0. The van der Waals surface area contributed by atoms with Gasteiger partial charge in [-0.3, -0.25) is 14.6 Å². The highest BCUT2D eigenvalue weighted by Crippen LogP contribution is 2.21. The monoisotopic (exact) mass is 390 g/mol. The van der Waals surface area contributed by atoms with Gasteiger partial charge in [-0.15, -0.1) is 0 Å². The van der Waals surface area contributed by atoms with Crippen molar-refractivity contribution in [2.45, 2.75) is 25.8 Å². The molecule has 1 aliphatic rings. The van der Waals surface area contributed by atoms with Crippen LogP contribution >= 0.6 is 0 Å². The predicted molar refractivity (Wildman–Crippen MR) is 107 cm³/mol. The number of carbonyl (C=O) groups excluding carboxylic acids is 2. The Bertz CT molecular complexity index is 1010. The third-order valence-electron chi connectivity index (χ3n) is 5.18. The highest BCUT2D eigenvalue weighted by molar-refractivity contribution is 5.96. The minimum absolute atomic E-state index is 0.0504. The second-order valence-electron chi connectivity index (χ2n) is 7.17. The molecular formula is C22H22N4O3. The van der Waals surface area contributed by atoms with Crippen LogP contribution < -0.4 is 5.32 Å². The minimum Gasteiger partial charge on any atom is -0.355 e. The van der Waals surface area contributed by atoms with Crippen LogP contribution in [0, 0.1) is 6.92 Å². The largest absolute Gasteiger partial charge is 0.355 e. The van der Waals surface area contributed by atoms with Gasteiger partial charge in [-0.25, -0.2) is 0 Å². The predicted octanol–water partition coefficient (Wildman–Crippen LogP) is 3.08. The topological polar surface area (TPSA) is 88.3 Å². The zero-order valence-electron chi connectivity index (χ0n) is 16.2. The molecule has 2 aromatic heterocycles. The molecule has 2 amide bonds. The average molecular weight is 390 g/mol. The van der Waals surface area contributed by atoms with Crippen molar-refractivity contribution < 1.29 is 14.1 Å². The van der Waals surface area contributed by atoms with E-state index in [0.717, 1.165) is 11.1 Å². The van der Waals surface area contributed by atoms with Gasteiger partial charge < -0.3 is 14.7 Å². The number of aryl methyl sites for hydroxylation is 1. The summed E-state index contributed by atoms with van der Waals surface area (Å²) < 4.78 is 5.30. The molecule has 1 saturated heterocycles. The Labute approximate surface area is 168 Å². The van der Waals surface area contributed by atoms with E-state index >= 15 is 0 Å². The Morgan fingerprint density at radius 1 is 1.14 bits per heavy atom. The Morgan fingerprint density at radius 3 is 2.66 bits per heavy atom. The van der Waals surface area contributed by atoms with E-state index in [1.807, 2.05) is 37.3 Å². The summed E-state index contributed by atoms with van der Waals surface area (Å²) in [6, 6.07) is 12.9. The molecule has 148 valence electrons. The van der Waals surface area contributed by atoms with E-state index in [4.69, 9.17) is 4.52 Å². The van der Waals surface area contributed by atoms with Crippen molar-refractivity contribution in [2.75, 3.05) is 13.1 Å². The standard InChI is InChI=1S/C22H22N4O3/c1-15-5-2-3-7-18(15)21(27)24-17-8-11-26(12-9-17)22(28)19-13-20(29-25-19)16-6-4-10-23-14-16/h2-7,10,13-14,17H,8-9,11-12H2,1H3,(H,24,27). The number of rotatable bonds is 4. The number of likely N-dealkylation sites (tertiary alicyclic amines) is 1. The van der Waals surface area contributed by atoms with E-state index in [9.17, 15) is 9.59 Å². The lowest BCUT2D eigenvalue weighted by atomic mass is 10.0. The molecular weight excluding hydrogens is 368 g/mol. The molecule has 1 N–H and O–H groups in total. The number of piperidine rings is 1. The molecule has 1 aliphatic heterocycles. The maximum absolute atomic E-state index is 12.7. The number of carbonyl (C=O) groups is 2. The lowest BCUT2D eigenvalue weighted by Crippen LogP contribution is -2.46. The molecule has 0 atom stereocenters. The smallest absolute Gasteiger partial charge is 0.276 e. The molecule has 7 nitrogen and oxygen atoms in total. The zero-order chi connectivity index (χ0) is 20.2. The van der Waals surface area contributed by atoms with Crippen LogP contribution in [0.4, 0.5) is 0 Å². The van der Waals surface area contributed by atoms with Gasteiger partial charge in [0.25, 0.3) is 11.8 Å². The van der Waals surface area contributed by atoms with Crippen LogP contribution in [0.15, 0.2) is 59.4 Å². The van der Waals surface area contributed by atoms with E-state index in [1.165, 1.54) is 0 Å². The van der Waals surface area contributed by atoms with Crippen molar-refractivity contribution in [1.82, 2.24) is 20.4 Å². The number of benzene rings is 1. The summed E-state index contributed by atoms with van der Waals surface area (Å²) >= 11 is 0. The Balaban J connectivity index is 1.34. The van der Waals surface area contributed by atoms with E-state index in [-0.39, 0.29) is 23.6 Å². The molecule has 0 bridgehead atoms. The van der Waals surface area contributed by atoms with Crippen LogP contribution in [0.5, 0.6) is 0 Å². The second-order valence-corrected chi connectivity index (χ2v) is 7.17. The van der Waals surface area contributed by atoms with Gasteiger partial charge >= 0.3 is 0 Å². The van der Waals surface area contributed by atoms with Gasteiger partial charge in [-0.2, -0.15) is 0 Å². The van der Waals surface area contributed by atoms with Crippen LogP contribution in [0.3, 0.4) is 0 Å². The number of aromatic nitrogens is 2. The molecule has 0 spiro atoms. The van der Waals surface area contributed by atoms with Crippen molar-refractivity contribution in [3.63, 3.8) is 0 Å². The van der Waals surface area contributed by atoms with Crippen LogP contribution in [0.2, 0.25) is 0 Å². The summed E-state index contributed by atoms with van der Waals surface area (Å²) in [5.41, 5.74) is 2.70. The fourth-order valence-electron chi connectivity index (χ4n) is 3.50. The van der Waals surface area contributed by atoms with Crippen molar-refractivity contribution in [1.29, 1.82) is 0 Å².